The van der Waals surface area contributed by atoms with E-state index < -0.39 is 46.5 Å². The van der Waals surface area contributed by atoms with Crippen LogP contribution in [0.2, 0.25) is 0 Å². The number of aliphatic hydroxyl groups is 2. The second kappa shape index (κ2) is 9.50. The van der Waals surface area contributed by atoms with Gasteiger partial charge < -0.3 is 10.2 Å². The quantitative estimate of drug-likeness (QED) is 0.267. The number of nitrogens with zero attached hydrogens (tertiary/aromatic N) is 3. The van der Waals surface area contributed by atoms with Crippen LogP contribution in [0.25, 0.3) is 10.4 Å². The van der Waals surface area contributed by atoms with Gasteiger partial charge in [0, 0.05) is 10.5 Å². The van der Waals surface area contributed by atoms with Crippen LogP contribution in [0, 0.1) is 12.7 Å². The molecule has 2 N–H and O–H groups in total. The molecular formula is C19H21F2N3O5S. The van der Waals surface area contributed by atoms with E-state index in [1.165, 1.54) is 42.5 Å². The third-order valence-electron chi connectivity index (χ3n) is 4.63. The maximum absolute atomic E-state index is 14.5. The molecule has 0 fully saturated rings. The Hall–Kier alpha value is -2.56. The van der Waals surface area contributed by atoms with Crippen LogP contribution in [0.15, 0.2) is 58.5 Å². The van der Waals surface area contributed by atoms with Crippen molar-refractivity contribution in [3.05, 3.63) is 75.9 Å². The molecule has 2 rings (SSSR count). The zero-order valence-electron chi connectivity index (χ0n) is 16.2. The minimum atomic E-state index is -4.31. The SMILES string of the molecule is Cc1ccc(S(=O)(=O)OCC(F)[C@@H](O)[C@H](O)[C@](C)(N=[N+]=[N-])c2ccccc2F)cc1. The highest BCUT2D eigenvalue weighted by Crippen LogP contribution is 2.34. The average molecular weight is 441 g/mol. The minimum absolute atomic E-state index is 0.208. The number of rotatable bonds is 9. The fourth-order valence-corrected chi connectivity index (χ4v) is 3.71. The third kappa shape index (κ3) is 5.13. The van der Waals surface area contributed by atoms with Gasteiger partial charge in [-0.2, -0.15) is 8.42 Å². The standard InChI is InChI=1S/C19H21F2N3O5S/c1-12-7-9-13(10-8-12)30(27,28)29-11-16(21)17(25)18(26)19(2,23-24-22)14-5-3-4-6-15(14)20/h3-10,16-18,25-26H,11H2,1-2H3/t16?,17-,18+,19-/m1/s1. The normalized spacial score (nSPS) is 16.7. The first-order chi connectivity index (χ1) is 14.0. The molecule has 0 heterocycles. The van der Waals surface area contributed by atoms with Gasteiger partial charge in [0.05, 0.1) is 11.0 Å². The van der Waals surface area contributed by atoms with E-state index in [1.54, 1.807) is 6.92 Å². The summed E-state index contributed by atoms with van der Waals surface area (Å²) >= 11 is 0. The number of aliphatic hydroxyl groups excluding tert-OH is 2. The molecule has 0 radical (unpaired) electrons. The lowest BCUT2D eigenvalue weighted by atomic mass is 9.83. The van der Waals surface area contributed by atoms with Crippen molar-refractivity contribution in [3.63, 3.8) is 0 Å². The average Bonchev–Trinajstić information content (AvgIpc) is 2.71. The summed E-state index contributed by atoms with van der Waals surface area (Å²) in [5.74, 6) is -0.841. The maximum Gasteiger partial charge on any atom is 0.297 e. The molecule has 0 aliphatic rings. The molecule has 4 atom stereocenters. The summed E-state index contributed by atoms with van der Waals surface area (Å²) in [4.78, 5) is 2.35. The zero-order valence-corrected chi connectivity index (χ0v) is 17.0. The molecule has 30 heavy (non-hydrogen) atoms. The van der Waals surface area contributed by atoms with Gasteiger partial charge in [-0.25, -0.2) is 8.78 Å². The molecule has 0 aliphatic carbocycles. The summed E-state index contributed by atoms with van der Waals surface area (Å²) in [7, 11) is -4.31. The Balaban J connectivity index is 2.19. The van der Waals surface area contributed by atoms with Gasteiger partial charge in [-0.1, -0.05) is 41.0 Å². The number of aryl methyl sites for hydroxylation is 1. The topological polar surface area (TPSA) is 133 Å². The Morgan fingerprint density at radius 3 is 2.37 bits per heavy atom. The maximum atomic E-state index is 14.5. The third-order valence-corrected chi connectivity index (χ3v) is 5.93. The van der Waals surface area contributed by atoms with Crippen molar-refractivity contribution >= 4 is 10.1 Å². The summed E-state index contributed by atoms with van der Waals surface area (Å²) in [6, 6.07) is 10.6. The number of hydrogen-bond acceptors (Lipinski definition) is 6. The molecule has 2 aromatic carbocycles. The van der Waals surface area contributed by atoms with Crippen LogP contribution < -0.4 is 0 Å². The zero-order chi connectivity index (χ0) is 22.5. The Morgan fingerprint density at radius 1 is 1.20 bits per heavy atom. The molecular weight excluding hydrogens is 420 g/mol. The van der Waals surface area contributed by atoms with Gasteiger partial charge in [0.25, 0.3) is 10.1 Å². The molecule has 0 aliphatic heterocycles. The highest BCUT2D eigenvalue weighted by molar-refractivity contribution is 7.86. The van der Waals surface area contributed by atoms with Crippen molar-refractivity contribution < 1.29 is 31.6 Å². The molecule has 0 saturated carbocycles. The van der Waals surface area contributed by atoms with Gasteiger partial charge in [0.1, 0.15) is 24.1 Å². The minimum Gasteiger partial charge on any atom is -0.389 e. The monoisotopic (exact) mass is 441 g/mol. The van der Waals surface area contributed by atoms with E-state index in [1.807, 2.05) is 0 Å². The largest absolute Gasteiger partial charge is 0.389 e. The first kappa shape index (κ1) is 23.7. The van der Waals surface area contributed by atoms with Crippen LogP contribution in [-0.2, 0) is 19.8 Å². The van der Waals surface area contributed by atoms with Crippen molar-refractivity contribution in [1.29, 1.82) is 0 Å². The number of hydrogen-bond donors (Lipinski definition) is 2. The summed E-state index contributed by atoms with van der Waals surface area (Å²) < 4.78 is 57.6. The van der Waals surface area contributed by atoms with Crippen LogP contribution in [0.5, 0.6) is 0 Å². The lowest BCUT2D eigenvalue weighted by Gasteiger charge is -2.34. The van der Waals surface area contributed by atoms with E-state index in [0.29, 0.717) is 0 Å². The van der Waals surface area contributed by atoms with E-state index >= 15 is 0 Å². The Bertz CT molecular complexity index is 1030. The van der Waals surface area contributed by atoms with E-state index in [2.05, 4.69) is 14.2 Å². The van der Waals surface area contributed by atoms with Crippen molar-refractivity contribution in [2.24, 2.45) is 5.11 Å². The second-order valence-electron chi connectivity index (χ2n) is 6.82. The van der Waals surface area contributed by atoms with E-state index in [0.717, 1.165) is 18.6 Å². The molecule has 0 spiro atoms. The van der Waals surface area contributed by atoms with Gasteiger partial charge in [-0.15, -0.1) is 0 Å². The van der Waals surface area contributed by atoms with Crippen molar-refractivity contribution in [2.45, 2.75) is 42.7 Å². The predicted octanol–water partition coefficient (Wildman–Crippen LogP) is 3.13. The number of halogens is 2. The lowest BCUT2D eigenvalue weighted by Crippen LogP contribution is -2.49. The molecule has 8 nitrogen and oxygen atoms in total. The van der Waals surface area contributed by atoms with E-state index in [-0.39, 0.29) is 10.5 Å². The van der Waals surface area contributed by atoms with Gasteiger partial charge in [0.2, 0.25) is 0 Å². The Morgan fingerprint density at radius 2 is 1.80 bits per heavy atom. The smallest absolute Gasteiger partial charge is 0.297 e. The van der Waals surface area contributed by atoms with Crippen molar-refractivity contribution in [3.8, 4) is 0 Å². The molecule has 0 bridgehead atoms. The molecule has 0 saturated heterocycles. The van der Waals surface area contributed by atoms with Crippen LogP contribution in [0.1, 0.15) is 18.1 Å². The van der Waals surface area contributed by atoms with Crippen molar-refractivity contribution in [2.75, 3.05) is 6.61 Å². The molecule has 0 aromatic heterocycles. The first-order valence-corrected chi connectivity index (χ1v) is 10.2. The fourth-order valence-electron chi connectivity index (χ4n) is 2.79. The number of benzene rings is 2. The fraction of sp³-hybridized carbons (Fsp3) is 0.368. The predicted molar refractivity (Wildman–Crippen MR) is 104 cm³/mol. The van der Waals surface area contributed by atoms with Crippen molar-refractivity contribution in [1.82, 2.24) is 0 Å². The van der Waals surface area contributed by atoms with Gasteiger partial charge in [-0.3, -0.25) is 4.18 Å². The van der Waals surface area contributed by atoms with Crippen LogP contribution in [0.4, 0.5) is 8.78 Å². The summed E-state index contributed by atoms with van der Waals surface area (Å²) in [5.41, 5.74) is 7.29. The highest BCUT2D eigenvalue weighted by Gasteiger charge is 2.43. The number of azide groups is 1. The Kier molecular flexibility index (Phi) is 7.51. The first-order valence-electron chi connectivity index (χ1n) is 8.80. The summed E-state index contributed by atoms with van der Waals surface area (Å²) in [5, 5.41) is 24.0. The van der Waals surface area contributed by atoms with Gasteiger partial charge in [0.15, 0.2) is 6.17 Å². The Labute approximate surface area is 172 Å². The molecule has 11 heteroatoms. The summed E-state index contributed by atoms with van der Waals surface area (Å²) in [6.07, 6.45) is -6.74. The van der Waals surface area contributed by atoms with Gasteiger partial charge in [-0.05, 0) is 37.6 Å². The van der Waals surface area contributed by atoms with Crippen LogP contribution >= 0.6 is 0 Å². The van der Waals surface area contributed by atoms with E-state index in [9.17, 15) is 27.4 Å². The van der Waals surface area contributed by atoms with E-state index in [4.69, 9.17) is 5.53 Å². The lowest BCUT2D eigenvalue weighted by molar-refractivity contribution is -0.0715. The molecule has 1 unspecified atom stereocenters. The highest BCUT2D eigenvalue weighted by atomic mass is 32.2. The number of alkyl halides is 1. The van der Waals surface area contributed by atoms with Crippen LogP contribution in [-0.4, -0.2) is 43.6 Å². The second-order valence-corrected chi connectivity index (χ2v) is 8.44. The van der Waals surface area contributed by atoms with Crippen LogP contribution in [0.3, 0.4) is 0 Å². The molecule has 0 amide bonds. The molecule has 162 valence electrons. The van der Waals surface area contributed by atoms with Gasteiger partial charge >= 0.3 is 0 Å². The summed E-state index contributed by atoms with van der Waals surface area (Å²) in [6.45, 7) is 1.76. The molecule has 2 aromatic rings.